The summed E-state index contributed by atoms with van der Waals surface area (Å²) < 4.78 is 37.7. The Labute approximate surface area is 133 Å². The Kier molecular flexibility index (Phi) is 5.12. The minimum Gasteiger partial charge on any atom is -0.301 e. The maximum Gasteiger partial charge on any atom is 0.417 e. The molecule has 0 saturated carbocycles. The minimum atomic E-state index is -4.51. The predicted molar refractivity (Wildman–Crippen MR) is 77.2 cm³/mol. The zero-order valence-corrected chi connectivity index (χ0v) is 12.9. The number of pyridine rings is 1. The molecule has 0 amide bonds. The van der Waals surface area contributed by atoms with Gasteiger partial charge < -0.3 is 4.98 Å². The number of aromatic nitrogens is 3. The van der Waals surface area contributed by atoms with Crippen LogP contribution in [0.2, 0.25) is 5.02 Å². The molecule has 0 spiro atoms. The van der Waals surface area contributed by atoms with Crippen molar-refractivity contribution in [3.8, 4) is 0 Å². The first-order valence-corrected chi connectivity index (χ1v) is 7.50. The molecule has 9 heteroatoms. The first-order valence-electron chi connectivity index (χ1n) is 6.30. The largest absolute Gasteiger partial charge is 0.417 e. The van der Waals surface area contributed by atoms with Gasteiger partial charge in [-0.2, -0.15) is 13.2 Å². The third kappa shape index (κ3) is 4.23. The van der Waals surface area contributed by atoms with Gasteiger partial charge in [-0.1, -0.05) is 24.9 Å². The van der Waals surface area contributed by atoms with Crippen LogP contribution in [0.1, 0.15) is 24.6 Å². The molecule has 0 aliphatic carbocycles. The van der Waals surface area contributed by atoms with Crippen molar-refractivity contribution in [3.05, 3.63) is 45.0 Å². The quantitative estimate of drug-likeness (QED) is 0.849. The minimum absolute atomic E-state index is 0.145. The monoisotopic (exact) mass is 349 g/mol. The summed E-state index contributed by atoms with van der Waals surface area (Å²) >= 11 is 6.73. The van der Waals surface area contributed by atoms with Crippen LogP contribution in [-0.4, -0.2) is 15.0 Å². The Bertz CT molecular complexity index is 733. The Morgan fingerprint density at radius 1 is 1.36 bits per heavy atom. The number of rotatable bonds is 4. The lowest BCUT2D eigenvalue weighted by molar-refractivity contribution is -0.137. The summed E-state index contributed by atoms with van der Waals surface area (Å²) in [6, 6.07) is 2.18. The van der Waals surface area contributed by atoms with E-state index in [1.165, 1.54) is 6.07 Å². The third-order valence-corrected chi connectivity index (χ3v) is 3.91. The van der Waals surface area contributed by atoms with Crippen LogP contribution in [0, 0.1) is 0 Å². The van der Waals surface area contributed by atoms with Crippen molar-refractivity contribution in [1.82, 2.24) is 15.0 Å². The fraction of sp³-hybridized carbons (Fsp3) is 0.308. The number of nitrogens with zero attached hydrogens (tertiary/aromatic N) is 2. The van der Waals surface area contributed by atoms with Crippen LogP contribution in [0.5, 0.6) is 0 Å². The molecule has 2 aromatic heterocycles. The molecule has 0 fully saturated rings. The summed E-state index contributed by atoms with van der Waals surface area (Å²) in [5.74, 6) is 0. The van der Waals surface area contributed by atoms with Crippen molar-refractivity contribution in [2.75, 3.05) is 0 Å². The van der Waals surface area contributed by atoms with Gasteiger partial charge >= 0.3 is 6.18 Å². The van der Waals surface area contributed by atoms with Crippen molar-refractivity contribution in [2.45, 2.75) is 36.1 Å². The smallest absolute Gasteiger partial charge is 0.301 e. The number of hydrogen-bond acceptors (Lipinski definition) is 4. The van der Waals surface area contributed by atoms with Crippen LogP contribution in [0.3, 0.4) is 0 Å². The van der Waals surface area contributed by atoms with E-state index < -0.39 is 11.7 Å². The Hall–Kier alpha value is -1.54. The third-order valence-electron chi connectivity index (χ3n) is 2.61. The van der Waals surface area contributed by atoms with Gasteiger partial charge in [-0.15, -0.1) is 0 Å². The highest BCUT2D eigenvalue weighted by Crippen LogP contribution is 2.35. The average molecular weight is 350 g/mol. The molecule has 0 unspecified atom stereocenters. The second-order valence-electron chi connectivity index (χ2n) is 4.40. The van der Waals surface area contributed by atoms with Crippen molar-refractivity contribution in [1.29, 1.82) is 0 Å². The maximum atomic E-state index is 12.6. The fourth-order valence-electron chi connectivity index (χ4n) is 1.66. The number of H-pyrrole nitrogens is 1. The molecule has 4 nitrogen and oxygen atoms in total. The molecule has 22 heavy (non-hydrogen) atoms. The summed E-state index contributed by atoms with van der Waals surface area (Å²) in [5.41, 5.74) is -0.649. The Morgan fingerprint density at radius 3 is 2.68 bits per heavy atom. The zero-order valence-electron chi connectivity index (χ0n) is 11.4. The summed E-state index contributed by atoms with van der Waals surface area (Å²) in [4.78, 5) is 21.9. The number of aromatic amines is 1. The highest BCUT2D eigenvalue weighted by molar-refractivity contribution is 7.99. The van der Waals surface area contributed by atoms with E-state index in [-0.39, 0.29) is 20.8 Å². The maximum absolute atomic E-state index is 12.6. The molecule has 118 valence electrons. The van der Waals surface area contributed by atoms with Gasteiger partial charge in [0, 0.05) is 18.0 Å². The standard InChI is InChI=1S/C13H11ClF3N3OS/c1-2-3-8-5-10(21)20-12(19-8)22-11-9(14)4-7(6-18-11)13(15,16)17/h4-6H,2-3H2,1H3,(H,19,20,21). The predicted octanol–water partition coefficient (Wildman–Crippen LogP) is 3.94. The van der Waals surface area contributed by atoms with Gasteiger partial charge in [-0.25, -0.2) is 9.97 Å². The normalized spacial score (nSPS) is 11.7. The molecule has 0 bridgehead atoms. The van der Waals surface area contributed by atoms with Gasteiger partial charge in [0.25, 0.3) is 5.56 Å². The molecule has 0 aliphatic heterocycles. The van der Waals surface area contributed by atoms with Gasteiger partial charge in [0.2, 0.25) is 0 Å². The summed E-state index contributed by atoms with van der Waals surface area (Å²) in [6.07, 6.45) is -2.36. The van der Waals surface area contributed by atoms with E-state index in [1.807, 2.05) is 6.92 Å². The van der Waals surface area contributed by atoms with Gasteiger partial charge in [0.15, 0.2) is 5.16 Å². The molecule has 0 radical (unpaired) electrons. The van der Waals surface area contributed by atoms with E-state index in [0.29, 0.717) is 18.3 Å². The molecular formula is C13H11ClF3N3OS. The SMILES string of the molecule is CCCc1cc(=O)[nH]c(Sc2ncc(C(F)(F)F)cc2Cl)n1. The Balaban J connectivity index is 2.29. The Morgan fingerprint density at radius 2 is 2.09 bits per heavy atom. The van der Waals surface area contributed by atoms with Crippen LogP contribution >= 0.6 is 23.4 Å². The van der Waals surface area contributed by atoms with E-state index in [4.69, 9.17) is 11.6 Å². The number of aryl methyl sites for hydroxylation is 1. The lowest BCUT2D eigenvalue weighted by Crippen LogP contribution is -2.10. The van der Waals surface area contributed by atoms with E-state index in [0.717, 1.165) is 24.2 Å². The number of alkyl halides is 3. The zero-order chi connectivity index (χ0) is 16.3. The van der Waals surface area contributed by atoms with Crippen LogP contribution in [0.15, 0.2) is 33.3 Å². The molecule has 0 aliphatic rings. The first-order chi connectivity index (χ1) is 10.3. The van der Waals surface area contributed by atoms with Crippen LogP contribution in [0.25, 0.3) is 0 Å². The number of halogens is 4. The number of hydrogen-bond donors (Lipinski definition) is 1. The summed E-state index contributed by atoms with van der Waals surface area (Å²) in [5, 5.41) is 0.236. The molecule has 0 atom stereocenters. The van der Waals surface area contributed by atoms with Crippen LogP contribution in [0.4, 0.5) is 13.2 Å². The van der Waals surface area contributed by atoms with E-state index in [2.05, 4.69) is 15.0 Å². The van der Waals surface area contributed by atoms with Crippen molar-refractivity contribution in [2.24, 2.45) is 0 Å². The van der Waals surface area contributed by atoms with E-state index in [1.54, 1.807) is 0 Å². The second kappa shape index (κ2) is 6.70. The summed E-state index contributed by atoms with van der Waals surface area (Å²) in [6.45, 7) is 1.95. The molecule has 2 aromatic rings. The van der Waals surface area contributed by atoms with Crippen molar-refractivity contribution < 1.29 is 13.2 Å². The molecular weight excluding hydrogens is 339 g/mol. The molecule has 2 heterocycles. The molecule has 0 saturated heterocycles. The van der Waals surface area contributed by atoms with Gasteiger partial charge in [0.05, 0.1) is 10.6 Å². The first kappa shape index (κ1) is 16.8. The molecule has 2 rings (SSSR count). The van der Waals surface area contributed by atoms with Crippen molar-refractivity contribution >= 4 is 23.4 Å². The lowest BCUT2D eigenvalue weighted by Gasteiger charge is -2.08. The molecule has 1 N–H and O–H groups in total. The molecule has 0 aromatic carbocycles. The topological polar surface area (TPSA) is 58.6 Å². The highest BCUT2D eigenvalue weighted by Gasteiger charge is 2.31. The van der Waals surface area contributed by atoms with Gasteiger partial charge in [-0.3, -0.25) is 4.79 Å². The fourth-order valence-corrected chi connectivity index (χ4v) is 2.70. The number of nitrogens with one attached hydrogen (secondary N) is 1. The average Bonchev–Trinajstić information content (AvgIpc) is 2.39. The van der Waals surface area contributed by atoms with Crippen LogP contribution in [-0.2, 0) is 12.6 Å². The van der Waals surface area contributed by atoms with Gasteiger partial charge in [0.1, 0.15) is 5.03 Å². The highest BCUT2D eigenvalue weighted by atomic mass is 35.5. The van der Waals surface area contributed by atoms with Crippen molar-refractivity contribution in [3.63, 3.8) is 0 Å². The van der Waals surface area contributed by atoms with Gasteiger partial charge in [-0.05, 0) is 24.2 Å². The van der Waals surface area contributed by atoms with Crippen LogP contribution < -0.4 is 5.56 Å². The van der Waals surface area contributed by atoms with E-state index in [9.17, 15) is 18.0 Å². The second-order valence-corrected chi connectivity index (χ2v) is 5.79. The lowest BCUT2D eigenvalue weighted by atomic mass is 10.2. The summed E-state index contributed by atoms with van der Waals surface area (Å²) in [7, 11) is 0. The van der Waals surface area contributed by atoms with E-state index >= 15 is 0 Å².